The molecule has 2 fully saturated rings. The first-order chi connectivity index (χ1) is 10.4. The number of aliphatic hydroxyl groups is 1. The monoisotopic (exact) mass is 323 g/mol. The molecule has 1 aromatic carbocycles. The van der Waals surface area contributed by atoms with Gasteiger partial charge in [-0.1, -0.05) is 18.2 Å². The summed E-state index contributed by atoms with van der Waals surface area (Å²) in [7, 11) is 0. The van der Waals surface area contributed by atoms with Gasteiger partial charge in [0.25, 0.3) is 0 Å². The molecule has 2 saturated carbocycles. The average Bonchev–Trinajstić information content (AvgIpc) is 3.19. The van der Waals surface area contributed by atoms with Crippen molar-refractivity contribution >= 4 is 23.7 Å². The quantitative estimate of drug-likeness (QED) is 0.582. The highest BCUT2D eigenvalue weighted by Gasteiger charge is 2.77. The molecule has 6 nitrogen and oxygen atoms in total. The highest BCUT2D eigenvalue weighted by atomic mass is 32.2. The van der Waals surface area contributed by atoms with Crippen LogP contribution in [0.1, 0.15) is 0 Å². The van der Waals surface area contributed by atoms with E-state index < -0.39 is 47.3 Å². The van der Waals surface area contributed by atoms with Crippen molar-refractivity contribution in [1.82, 2.24) is 0 Å². The molecule has 118 valence electrons. The fourth-order valence-electron chi connectivity index (χ4n) is 3.73. The van der Waals surface area contributed by atoms with Crippen LogP contribution in [0.4, 0.5) is 0 Å². The number of aliphatic carboxylic acids is 2. The first kappa shape index (κ1) is 15.3. The zero-order chi connectivity index (χ0) is 16.1. The van der Waals surface area contributed by atoms with Crippen molar-refractivity contribution in [1.29, 1.82) is 0 Å². The van der Waals surface area contributed by atoms with E-state index in [1.807, 2.05) is 30.3 Å². The molecule has 2 aliphatic rings. The molecule has 0 saturated heterocycles. The second kappa shape index (κ2) is 5.26. The molecular formula is C15H17NO5S. The Morgan fingerprint density at radius 1 is 1.23 bits per heavy atom. The molecule has 5 N–H and O–H groups in total. The third-order valence-electron chi connectivity index (χ3n) is 4.88. The van der Waals surface area contributed by atoms with E-state index in [2.05, 4.69) is 0 Å². The lowest BCUT2D eigenvalue weighted by Gasteiger charge is -2.32. The first-order valence-electron chi connectivity index (χ1n) is 7.00. The van der Waals surface area contributed by atoms with E-state index in [4.69, 9.17) is 10.8 Å². The summed E-state index contributed by atoms with van der Waals surface area (Å²) in [6.07, 6.45) is -0.997. The maximum absolute atomic E-state index is 11.7. The van der Waals surface area contributed by atoms with Gasteiger partial charge in [-0.3, -0.25) is 9.59 Å². The Morgan fingerprint density at radius 3 is 2.41 bits per heavy atom. The van der Waals surface area contributed by atoms with E-state index >= 15 is 0 Å². The predicted octanol–water partition coefficient (Wildman–Crippen LogP) is 0.498. The lowest BCUT2D eigenvalue weighted by molar-refractivity contribution is -0.148. The summed E-state index contributed by atoms with van der Waals surface area (Å²) in [5.74, 6) is -4.75. The third-order valence-corrected chi connectivity index (χ3v) is 6.01. The molecule has 0 spiro atoms. The van der Waals surface area contributed by atoms with Crippen LogP contribution in [0, 0.1) is 23.7 Å². The summed E-state index contributed by atoms with van der Waals surface area (Å²) in [4.78, 5) is 23.8. The average molecular weight is 323 g/mol. The van der Waals surface area contributed by atoms with Gasteiger partial charge in [0, 0.05) is 28.4 Å². The number of hydrogen-bond donors (Lipinski definition) is 4. The van der Waals surface area contributed by atoms with Crippen molar-refractivity contribution in [2.75, 3.05) is 5.75 Å². The topological polar surface area (TPSA) is 121 Å². The van der Waals surface area contributed by atoms with Gasteiger partial charge in [-0.25, -0.2) is 0 Å². The second-order valence-corrected chi connectivity index (χ2v) is 7.02. The highest BCUT2D eigenvalue weighted by Crippen LogP contribution is 2.64. The van der Waals surface area contributed by atoms with Crippen LogP contribution < -0.4 is 5.73 Å². The van der Waals surface area contributed by atoms with Crippen LogP contribution in [-0.4, -0.2) is 44.7 Å². The minimum Gasteiger partial charge on any atom is -0.481 e. The Morgan fingerprint density at radius 2 is 1.86 bits per heavy atom. The van der Waals surface area contributed by atoms with E-state index in [0.717, 1.165) is 4.90 Å². The maximum atomic E-state index is 11.7. The molecule has 3 rings (SSSR count). The van der Waals surface area contributed by atoms with Gasteiger partial charge in [-0.2, -0.15) is 0 Å². The van der Waals surface area contributed by atoms with Gasteiger partial charge >= 0.3 is 11.9 Å². The van der Waals surface area contributed by atoms with E-state index in [1.165, 1.54) is 11.8 Å². The smallest absolute Gasteiger partial charge is 0.324 e. The Balaban J connectivity index is 1.79. The zero-order valence-corrected chi connectivity index (χ0v) is 12.4. The van der Waals surface area contributed by atoms with Crippen LogP contribution in [0.3, 0.4) is 0 Å². The number of rotatable bonds is 5. The summed E-state index contributed by atoms with van der Waals surface area (Å²) >= 11 is 1.42. The summed E-state index contributed by atoms with van der Waals surface area (Å²) in [6, 6.07) is 9.42. The lowest BCUT2D eigenvalue weighted by Crippen LogP contribution is -2.58. The van der Waals surface area contributed by atoms with Crippen LogP contribution in [0.25, 0.3) is 0 Å². The van der Waals surface area contributed by atoms with E-state index in [0.29, 0.717) is 5.75 Å². The fraction of sp³-hybridized carbons (Fsp3) is 0.467. The van der Waals surface area contributed by atoms with Crippen molar-refractivity contribution in [3.05, 3.63) is 30.3 Å². The van der Waals surface area contributed by atoms with Crippen LogP contribution in [0.2, 0.25) is 0 Å². The summed E-state index contributed by atoms with van der Waals surface area (Å²) in [6.45, 7) is 0. The van der Waals surface area contributed by atoms with Crippen molar-refractivity contribution in [3.8, 4) is 0 Å². The third kappa shape index (κ3) is 2.12. The summed E-state index contributed by atoms with van der Waals surface area (Å²) < 4.78 is 0. The van der Waals surface area contributed by atoms with Gasteiger partial charge in [0.1, 0.15) is 5.54 Å². The van der Waals surface area contributed by atoms with Gasteiger partial charge in [-0.15, -0.1) is 11.8 Å². The Bertz CT molecular complexity index is 609. The molecule has 6 atom stereocenters. The fourth-order valence-corrected chi connectivity index (χ4v) is 4.93. The van der Waals surface area contributed by atoms with Crippen LogP contribution >= 0.6 is 11.8 Å². The minimum atomic E-state index is -1.69. The number of carboxylic acid groups (broad SMARTS) is 2. The van der Waals surface area contributed by atoms with Gasteiger partial charge < -0.3 is 21.1 Å². The standard InChI is InChI=1S/C15H17NO5S/c16-15(14(20)21)8(6-22-7-4-2-1-3-5-7)12(17)9-10(11(9)15)13(18)19/h1-5,8-12,17H,6,16H2,(H,18,19)(H,20,21)/t8-,9+,10+,11+,12-,15+/m1/s1. The number of fused-ring (bicyclic) bond motifs is 1. The predicted molar refractivity (Wildman–Crippen MR) is 79.3 cm³/mol. The van der Waals surface area contributed by atoms with Gasteiger partial charge in [0.15, 0.2) is 0 Å². The minimum absolute atomic E-state index is 0.341. The van der Waals surface area contributed by atoms with Crippen LogP contribution in [0.5, 0.6) is 0 Å². The number of aliphatic hydroxyl groups excluding tert-OH is 1. The normalized spacial score (nSPS) is 39.3. The molecule has 0 aliphatic heterocycles. The molecule has 22 heavy (non-hydrogen) atoms. The van der Waals surface area contributed by atoms with Crippen LogP contribution in [-0.2, 0) is 9.59 Å². The summed E-state index contributed by atoms with van der Waals surface area (Å²) in [5, 5.41) is 29.0. The molecule has 0 heterocycles. The number of carboxylic acids is 2. The molecule has 0 bridgehead atoms. The highest BCUT2D eigenvalue weighted by molar-refractivity contribution is 7.99. The molecule has 0 amide bonds. The van der Waals surface area contributed by atoms with E-state index in [9.17, 15) is 19.8 Å². The van der Waals surface area contributed by atoms with E-state index in [1.54, 1.807) is 0 Å². The Kier molecular flexibility index (Phi) is 3.66. The van der Waals surface area contributed by atoms with Gasteiger partial charge in [-0.05, 0) is 12.1 Å². The molecule has 1 aromatic rings. The summed E-state index contributed by atoms with van der Waals surface area (Å²) in [5.41, 5.74) is 4.39. The molecular weight excluding hydrogens is 306 g/mol. The number of carbonyl (C=O) groups is 2. The number of hydrogen-bond acceptors (Lipinski definition) is 5. The molecule has 0 unspecified atom stereocenters. The van der Waals surface area contributed by atoms with E-state index in [-0.39, 0.29) is 0 Å². The Labute approximate surface area is 131 Å². The van der Waals surface area contributed by atoms with Crippen LogP contribution in [0.15, 0.2) is 35.2 Å². The van der Waals surface area contributed by atoms with Gasteiger partial charge in [0.05, 0.1) is 12.0 Å². The maximum Gasteiger partial charge on any atom is 0.324 e. The van der Waals surface area contributed by atoms with Crippen molar-refractivity contribution in [2.45, 2.75) is 16.5 Å². The number of thioether (sulfide) groups is 1. The zero-order valence-electron chi connectivity index (χ0n) is 11.6. The van der Waals surface area contributed by atoms with Crippen molar-refractivity contribution in [3.63, 3.8) is 0 Å². The molecule has 2 aliphatic carbocycles. The van der Waals surface area contributed by atoms with Crippen molar-refractivity contribution in [2.24, 2.45) is 29.4 Å². The Hall–Kier alpha value is -1.57. The number of nitrogens with two attached hydrogens (primary N) is 1. The SMILES string of the molecule is N[C@]1(C(=O)O)[C@@H]2[C@@H](C(=O)O)[C@@H]2[C@H](O)[C@H]1CSc1ccccc1. The van der Waals surface area contributed by atoms with Gasteiger partial charge in [0.2, 0.25) is 0 Å². The molecule has 7 heteroatoms. The largest absolute Gasteiger partial charge is 0.481 e. The molecule has 0 radical (unpaired) electrons. The molecule has 0 aromatic heterocycles. The second-order valence-electron chi connectivity index (χ2n) is 5.93. The first-order valence-corrected chi connectivity index (χ1v) is 7.98. The lowest BCUT2D eigenvalue weighted by atomic mass is 9.81. The van der Waals surface area contributed by atoms with Crippen molar-refractivity contribution < 1.29 is 24.9 Å². The number of benzene rings is 1.